The normalized spacial score (nSPS) is 14.9. The highest BCUT2D eigenvalue weighted by atomic mass is 32.1. The van der Waals surface area contributed by atoms with Crippen molar-refractivity contribution >= 4 is 29.2 Å². The molecule has 5 rings (SSSR count). The number of para-hydroxylation sites is 2. The lowest BCUT2D eigenvalue weighted by Crippen LogP contribution is -3.14. The Labute approximate surface area is 185 Å². The number of aromatic nitrogens is 3. The molecule has 1 aliphatic rings. The molecule has 4 aromatic rings. The second-order valence-corrected chi connectivity index (χ2v) is 8.80. The lowest BCUT2D eigenvalue weighted by Gasteiger charge is -2.33. The van der Waals surface area contributed by atoms with E-state index in [2.05, 4.69) is 69.4 Å². The highest BCUT2D eigenvalue weighted by Crippen LogP contribution is 2.26. The highest BCUT2D eigenvalue weighted by molar-refractivity contribution is 7.71. The zero-order valence-electron chi connectivity index (χ0n) is 16.6. The molecule has 0 saturated carbocycles. The van der Waals surface area contributed by atoms with E-state index in [4.69, 9.17) is 17.3 Å². The van der Waals surface area contributed by atoms with Crippen LogP contribution in [-0.4, -0.2) is 40.5 Å². The molecule has 30 heavy (non-hydrogen) atoms. The summed E-state index contributed by atoms with van der Waals surface area (Å²) in [6.07, 6.45) is 0. The van der Waals surface area contributed by atoms with Gasteiger partial charge in [0.05, 0.1) is 36.7 Å². The van der Waals surface area contributed by atoms with Gasteiger partial charge in [0, 0.05) is 5.69 Å². The van der Waals surface area contributed by atoms with Crippen LogP contribution in [0.5, 0.6) is 0 Å². The van der Waals surface area contributed by atoms with Crippen LogP contribution in [0.1, 0.15) is 0 Å². The van der Waals surface area contributed by atoms with Gasteiger partial charge in [-0.2, -0.15) is 4.68 Å². The van der Waals surface area contributed by atoms with E-state index in [1.165, 1.54) is 10.6 Å². The Balaban J connectivity index is 1.39. The van der Waals surface area contributed by atoms with Crippen LogP contribution in [0.2, 0.25) is 0 Å². The summed E-state index contributed by atoms with van der Waals surface area (Å²) in [6.45, 7) is 5.03. The monoisotopic (exact) mass is 434 g/mol. The summed E-state index contributed by atoms with van der Waals surface area (Å²) in [7, 11) is 0. The van der Waals surface area contributed by atoms with E-state index in [0.29, 0.717) is 0 Å². The molecule has 0 unspecified atom stereocenters. The smallest absolute Gasteiger partial charge is 0.207 e. The van der Waals surface area contributed by atoms with Gasteiger partial charge in [0.25, 0.3) is 0 Å². The SMILES string of the molecule is S=c1n(C[NH+]2CCN(c3ccccc3)CC2)nc(-c2cccs2)n1-c1ccccc1. The highest BCUT2D eigenvalue weighted by Gasteiger charge is 2.23. The minimum atomic E-state index is 0.752. The molecule has 0 atom stereocenters. The first kappa shape index (κ1) is 19.2. The van der Waals surface area contributed by atoms with Gasteiger partial charge in [-0.3, -0.25) is 4.57 Å². The fourth-order valence-corrected chi connectivity index (χ4v) is 4.97. The summed E-state index contributed by atoms with van der Waals surface area (Å²) in [4.78, 5) is 5.10. The Morgan fingerprint density at radius 2 is 1.53 bits per heavy atom. The van der Waals surface area contributed by atoms with Crippen molar-refractivity contribution in [1.29, 1.82) is 0 Å². The van der Waals surface area contributed by atoms with Crippen LogP contribution >= 0.6 is 23.6 Å². The van der Waals surface area contributed by atoms with Crippen molar-refractivity contribution in [1.82, 2.24) is 14.3 Å². The zero-order chi connectivity index (χ0) is 20.3. The van der Waals surface area contributed by atoms with Crippen LogP contribution in [0.15, 0.2) is 78.2 Å². The van der Waals surface area contributed by atoms with Crippen LogP contribution in [0.3, 0.4) is 0 Å². The van der Waals surface area contributed by atoms with E-state index in [1.807, 2.05) is 22.9 Å². The van der Waals surface area contributed by atoms with Crippen molar-refractivity contribution < 1.29 is 4.90 Å². The van der Waals surface area contributed by atoms with E-state index in [-0.39, 0.29) is 0 Å². The van der Waals surface area contributed by atoms with Crippen molar-refractivity contribution in [3.05, 3.63) is 82.9 Å². The number of anilines is 1. The summed E-state index contributed by atoms with van der Waals surface area (Å²) in [5.41, 5.74) is 2.36. The third-order valence-electron chi connectivity index (χ3n) is 5.56. The number of hydrogen-bond donors (Lipinski definition) is 1. The van der Waals surface area contributed by atoms with Gasteiger partial charge >= 0.3 is 0 Å². The molecule has 0 radical (unpaired) electrons. The molecule has 5 nitrogen and oxygen atoms in total. The fourth-order valence-electron chi connectivity index (χ4n) is 3.98. The molecule has 152 valence electrons. The van der Waals surface area contributed by atoms with Gasteiger partial charge in [-0.15, -0.1) is 16.4 Å². The van der Waals surface area contributed by atoms with Crippen LogP contribution in [0.4, 0.5) is 5.69 Å². The van der Waals surface area contributed by atoms with E-state index >= 15 is 0 Å². The molecule has 0 bridgehead atoms. The second kappa shape index (κ2) is 8.55. The molecular weight excluding hydrogens is 410 g/mol. The van der Waals surface area contributed by atoms with Crippen molar-refractivity contribution in [2.45, 2.75) is 6.67 Å². The number of hydrogen-bond acceptors (Lipinski definition) is 4. The van der Waals surface area contributed by atoms with Crippen LogP contribution < -0.4 is 9.80 Å². The van der Waals surface area contributed by atoms with E-state index < -0.39 is 0 Å². The minimum absolute atomic E-state index is 0.752. The summed E-state index contributed by atoms with van der Waals surface area (Å²) < 4.78 is 4.86. The molecule has 0 aliphatic carbocycles. The Hall–Kier alpha value is -2.74. The van der Waals surface area contributed by atoms with Gasteiger partial charge in [0.2, 0.25) is 4.77 Å². The van der Waals surface area contributed by atoms with Crippen LogP contribution in [-0.2, 0) is 6.67 Å². The third-order valence-corrected chi connectivity index (χ3v) is 6.82. The Morgan fingerprint density at radius 1 is 0.867 bits per heavy atom. The minimum Gasteiger partial charge on any atom is -0.360 e. The zero-order valence-corrected chi connectivity index (χ0v) is 18.3. The van der Waals surface area contributed by atoms with Crippen molar-refractivity contribution in [2.24, 2.45) is 0 Å². The number of nitrogens with one attached hydrogen (secondary N) is 1. The lowest BCUT2D eigenvalue weighted by atomic mass is 10.2. The molecule has 3 heterocycles. The number of benzene rings is 2. The van der Waals surface area contributed by atoms with Gasteiger partial charge in [-0.1, -0.05) is 42.5 Å². The number of rotatable bonds is 5. The molecule has 1 N–H and O–H groups in total. The summed E-state index contributed by atoms with van der Waals surface area (Å²) in [6, 6.07) is 25.1. The molecule has 1 saturated heterocycles. The van der Waals surface area contributed by atoms with Crippen LogP contribution in [0, 0.1) is 4.77 Å². The maximum atomic E-state index is 5.88. The average molecular weight is 435 g/mol. The first-order valence-corrected chi connectivity index (χ1v) is 11.5. The van der Waals surface area contributed by atoms with Gasteiger partial charge in [0.15, 0.2) is 12.5 Å². The Bertz CT molecular complexity index is 1140. The van der Waals surface area contributed by atoms with Gasteiger partial charge in [-0.25, -0.2) is 0 Å². The van der Waals surface area contributed by atoms with Crippen LogP contribution in [0.25, 0.3) is 16.4 Å². The predicted molar refractivity (Wildman–Crippen MR) is 125 cm³/mol. The molecule has 1 fully saturated rings. The molecule has 0 spiro atoms. The standard InChI is InChI=1S/C23H23N5S2/c29-23-27(18-25-13-15-26(16-14-25)19-8-3-1-4-9-19)24-22(21-12-7-17-30-21)28(23)20-10-5-2-6-11-20/h1-12,17H,13-16,18H2/p+1. The first-order valence-electron chi connectivity index (χ1n) is 10.2. The summed E-state index contributed by atoms with van der Waals surface area (Å²) >= 11 is 7.58. The van der Waals surface area contributed by atoms with E-state index in [1.54, 1.807) is 11.3 Å². The number of thiophene rings is 1. The van der Waals surface area contributed by atoms with Crippen molar-refractivity contribution in [3.63, 3.8) is 0 Å². The summed E-state index contributed by atoms with van der Waals surface area (Å²) in [5.74, 6) is 0.920. The first-order chi connectivity index (χ1) is 14.8. The maximum absolute atomic E-state index is 5.88. The van der Waals surface area contributed by atoms with E-state index in [9.17, 15) is 0 Å². The Morgan fingerprint density at radius 3 is 2.17 bits per heavy atom. The largest absolute Gasteiger partial charge is 0.360 e. The number of piperazine rings is 1. The van der Waals surface area contributed by atoms with Gasteiger partial charge in [0.1, 0.15) is 0 Å². The summed E-state index contributed by atoms with van der Waals surface area (Å²) in [5, 5.41) is 7.04. The molecule has 2 aromatic carbocycles. The van der Waals surface area contributed by atoms with Crippen molar-refractivity contribution in [2.75, 3.05) is 31.1 Å². The topological polar surface area (TPSA) is 30.4 Å². The van der Waals surface area contributed by atoms with Crippen molar-refractivity contribution in [3.8, 4) is 16.4 Å². The second-order valence-electron chi connectivity index (χ2n) is 7.48. The molecule has 2 aromatic heterocycles. The number of quaternary nitrogens is 1. The molecule has 1 aliphatic heterocycles. The quantitative estimate of drug-likeness (QED) is 0.488. The Kier molecular flexibility index (Phi) is 5.48. The lowest BCUT2D eigenvalue weighted by molar-refractivity contribution is -0.924. The van der Waals surface area contributed by atoms with E-state index in [0.717, 1.165) is 54.0 Å². The number of nitrogens with zero attached hydrogens (tertiary/aromatic N) is 4. The molecule has 0 amide bonds. The molecular formula is C23H24N5S2+. The average Bonchev–Trinajstić information content (AvgIpc) is 3.44. The van der Waals surface area contributed by atoms with Gasteiger partial charge in [-0.05, 0) is 47.9 Å². The fraction of sp³-hybridized carbons (Fsp3) is 0.217. The maximum Gasteiger partial charge on any atom is 0.207 e. The molecule has 7 heteroatoms. The van der Waals surface area contributed by atoms with Gasteiger partial charge < -0.3 is 9.80 Å². The predicted octanol–water partition coefficient (Wildman–Crippen LogP) is 3.49. The third kappa shape index (κ3) is 3.84.